The Morgan fingerprint density at radius 3 is 2.32 bits per heavy atom. The molecule has 3 aromatic carbocycles. The van der Waals surface area contributed by atoms with Crippen molar-refractivity contribution >= 4 is 23.3 Å². The minimum absolute atomic E-state index is 0.115. The van der Waals surface area contributed by atoms with Crippen molar-refractivity contribution in [3.63, 3.8) is 0 Å². The fraction of sp³-hybridized carbons (Fsp3) is 0.160. The van der Waals surface area contributed by atoms with Gasteiger partial charge in [-0.05, 0) is 37.6 Å². The molecule has 0 aliphatic heterocycles. The van der Waals surface area contributed by atoms with Crippen LogP contribution < -0.4 is 10.1 Å². The minimum atomic E-state index is -1.17. The summed E-state index contributed by atoms with van der Waals surface area (Å²) in [5.41, 5.74) is 2.31. The SMILES string of the molecule is CC(=O)c1cccc(NC(=O)[C@@H](OC(=O)COc2ccccc2C)c2ccccc2)c1. The van der Waals surface area contributed by atoms with Crippen LogP contribution >= 0.6 is 0 Å². The molecule has 0 radical (unpaired) electrons. The first-order valence-electron chi connectivity index (χ1n) is 9.79. The van der Waals surface area contributed by atoms with E-state index in [1.165, 1.54) is 6.92 Å². The van der Waals surface area contributed by atoms with Gasteiger partial charge in [-0.3, -0.25) is 9.59 Å². The summed E-state index contributed by atoms with van der Waals surface area (Å²) in [6.45, 7) is 2.99. The number of esters is 1. The number of rotatable bonds is 8. The molecule has 3 rings (SSSR count). The second-order valence-corrected chi connectivity index (χ2v) is 6.96. The highest BCUT2D eigenvalue weighted by Gasteiger charge is 2.25. The van der Waals surface area contributed by atoms with Crippen molar-refractivity contribution in [2.45, 2.75) is 20.0 Å². The summed E-state index contributed by atoms with van der Waals surface area (Å²) in [7, 11) is 0. The van der Waals surface area contributed by atoms with Crippen LogP contribution in [0.25, 0.3) is 0 Å². The van der Waals surface area contributed by atoms with Gasteiger partial charge in [-0.25, -0.2) is 4.79 Å². The molecule has 0 saturated carbocycles. The maximum absolute atomic E-state index is 12.9. The molecule has 0 fully saturated rings. The maximum Gasteiger partial charge on any atom is 0.345 e. The first-order chi connectivity index (χ1) is 14.9. The Morgan fingerprint density at radius 2 is 1.61 bits per heavy atom. The van der Waals surface area contributed by atoms with Crippen molar-refractivity contribution in [3.8, 4) is 5.75 Å². The zero-order valence-corrected chi connectivity index (χ0v) is 17.3. The summed E-state index contributed by atoms with van der Waals surface area (Å²) in [6, 6.07) is 22.6. The summed E-state index contributed by atoms with van der Waals surface area (Å²) >= 11 is 0. The van der Waals surface area contributed by atoms with Gasteiger partial charge >= 0.3 is 5.97 Å². The van der Waals surface area contributed by atoms with E-state index in [1.807, 2.05) is 25.1 Å². The molecule has 0 unspecified atom stereocenters. The lowest BCUT2D eigenvalue weighted by molar-refractivity contribution is -0.156. The highest BCUT2D eigenvalue weighted by Crippen LogP contribution is 2.22. The highest BCUT2D eigenvalue weighted by atomic mass is 16.6. The Balaban J connectivity index is 1.73. The summed E-state index contributed by atoms with van der Waals surface area (Å²) in [5.74, 6) is -0.752. The largest absolute Gasteiger partial charge is 0.482 e. The van der Waals surface area contributed by atoms with E-state index in [4.69, 9.17) is 9.47 Å². The Bertz CT molecular complexity index is 1080. The number of Topliss-reactive ketones (excluding diaryl/α,β-unsaturated/α-hetero) is 1. The van der Waals surface area contributed by atoms with Gasteiger partial charge in [0, 0.05) is 16.8 Å². The summed E-state index contributed by atoms with van der Waals surface area (Å²) in [6.07, 6.45) is -1.17. The summed E-state index contributed by atoms with van der Waals surface area (Å²) < 4.78 is 11.0. The lowest BCUT2D eigenvalue weighted by atomic mass is 10.1. The Morgan fingerprint density at radius 1 is 0.903 bits per heavy atom. The first-order valence-corrected chi connectivity index (χ1v) is 9.79. The molecule has 1 atom stereocenters. The van der Waals surface area contributed by atoms with Gasteiger partial charge in [-0.15, -0.1) is 0 Å². The zero-order chi connectivity index (χ0) is 22.2. The summed E-state index contributed by atoms with van der Waals surface area (Å²) in [5, 5.41) is 2.71. The van der Waals surface area contributed by atoms with Crippen LogP contribution in [-0.2, 0) is 14.3 Å². The van der Waals surface area contributed by atoms with Crippen molar-refractivity contribution in [2.24, 2.45) is 0 Å². The van der Waals surface area contributed by atoms with Gasteiger partial charge in [0.1, 0.15) is 5.75 Å². The van der Waals surface area contributed by atoms with Gasteiger partial charge in [0.05, 0.1) is 0 Å². The molecule has 3 aromatic rings. The molecule has 0 bridgehead atoms. The van der Waals surface area contributed by atoms with E-state index in [9.17, 15) is 14.4 Å². The van der Waals surface area contributed by atoms with Crippen LogP contribution in [0.3, 0.4) is 0 Å². The van der Waals surface area contributed by atoms with Crippen LogP contribution in [0, 0.1) is 6.92 Å². The van der Waals surface area contributed by atoms with E-state index in [0.29, 0.717) is 22.6 Å². The molecule has 0 aromatic heterocycles. The molecule has 31 heavy (non-hydrogen) atoms. The number of benzene rings is 3. The van der Waals surface area contributed by atoms with Gasteiger partial charge in [0.2, 0.25) is 6.10 Å². The molecule has 0 heterocycles. The number of ketones is 1. The van der Waals surface area contributed by atoms with Crippen molar-refractivity contribution < 1.29 is 23.9 Å². The molecule has 158 valence electrons. The number of ether oxygens (including phenoxy) is 2. The number of carbonyl (C=O) groups is 3. The zero-order valence-electron chi connectivity index (χ0n) is 17.3. The number of hydrogen-bond acceptors (Lipinski definition) is 5. The van der Waals surface area contributed by atoms with Crippen molar-refractivity contribution in [1.82, 2.24) is 0 Å². The van der Waals surface area contributed by atoms with E-state index in [1.54, 1.807) is 60.7 Å². The van der Waals surface area contributed by atoms with Gasteiger partial charge in [-0.1, -0.05) is 60.7 Å². The predicted molar refractivity (Wildman–Crippen MR) is 117 cm³/mol. The van der Waals surface area contributed by atoms with Crippen LogP contribution in [0.1, 0.15) is 34.5 Å². The van der Waals surface area contributed by atoms with Crippen LogP contribution in [0.2, 0.25) is 0 Å². The lowest BCUT2D eigenvalue weighted by Crippen LogP contribution is -2.28. The van der Waals surface area contributed by atoms with E-state index in [-0.39, 0.29) is 12.4 Å². The molecule has 6 heteroatoms. The van der Waals surface area contributed by atoms with Crippen LogP contribution in [0.5, 0.6) is 5.75 Å². The van der Waals surface area contributed by atoms with E-state index in [0.717, 1.165) is 5.56 Å². The molecule has 0 aliphatic rings. The van der Waals surface area contributed by atoms with Crippen LogP contribution in [0.4, 0.5) is 5.69 Å². The van der Waals surface area contributed by atoms with Crippen molar-refractivity contribution in [2.75, 3.05) is 11.9 Å². The third-order valence-corrected chi connectivity index (χ3v) is 4.57. The fourth-order valence-electron chi connectivity index (χ4n) is 2.95. The molecule has 0 saturated heterocycles. The fourth-order valence-corrected chi connectivity index (χ4v) is 2.95. The number of hydrogen-bond donors (Lipinski definition) is 1. The quantitative estimate of drug-likeness (QED) is 0.431. The standard InChI is InChI=1S/C25H23NO5/c1-17-9-6-7-14-22(17)30-16-23(28)31-24(19-10-4-3-5-11-19)25(29)26-21-13-8-12-20(15-21)18(2)27/h3-15,24H,16H2,1-2H3,(H,26,29)/t24-/m0/s1. The second kappa shape index (κ2) is 10.2. The van der Waals surface area contributed by atoms with Crippen molar-refractivity contribution in [1.29, 1.82) is 0 Å². The lowest BCUT2D eigenvalue weighted by Gasteiger charge is -2.18. The molecule has 1 amide bonds. The smallest absolute Gasteiger partial charge is 0.345 e. The normalized spacial score (nSPS) is 11.3. The number of nitrogens with one attached hydrogen (secondary N) is 1. The number of aryl methyl sites for hydroxylation is 1. The number of carbonyl (C=O) groups excluding carboxylic acids is 3. The average Bonchev–Trinajstić information content (AvgIpc) is 2.77. The van der Waals surface area contributed by atoms with Gasteiger partial charge in [-0.2, -0.15) is 0 Å². The topological polar surface area (TPSA) is 81.7 Å². The first kappa shape index (κ1) is 21.8. The molecule has 0 aliphatic carbocycles. The van der Waals surface area contributed by atoms with Gasteiger partial charge < -0.3 is 14.8 Å². The third-order valence-electron chi connectivity index (χ3n) is 4.57. The average molecular weight is 417 g/mol. The Hall–Kier alpha value is -3.93. The summed E-state index contributed by atoms with van der Waals surface area (Å²) in [4.78, 5) is 37.0. The van der Waals surface area contributed by atoms with Crippen LogP contribution in [-0.4, -0.2) is 24.3 Å². The second-order valence-electron chi connectivity index (χ2n) is 6.96. The minimum Gasteiger partial charge on any atom is -0.482 e. The van der Waals surface area contributed by atoms with Crippen LogP contribution in [0.15, 0.2) is 78.9 Å². The third kappa shape index (κ3) is 6.02. The molecule has 0 spiro atoms. The van der Waals surface area contributed by atoms with E-state index < -0.39 is 18.0 Å². The molecule has 1 N–H and O–H groups in total. The van der Waals surface area contributed by atoms with Gasteiger partial charge in [0.25, 0.3) is 5.91 Å². The number of para-hydroxylation sites is 1. The monoisotopic (exact) mass is 417 g/mol. The number of amides is 1. The Labute approximate surface area is 180 Å². The molecule has 6 nitrogen and oxygen atoms in total. The highest BCUT2D eigenvalue weighted by molar-refractivity contribution is 5.99. The Kier molecular flexibility index (Phi) is 7.17. The molecular weight excluding hydrogens is 394 g/mol. The maximum atomic E-state index is 12.9. The van der Waals surface area contributed by atoms with Crippen molar-refractivity contribution in [3.05, 3.63) is 95.6 Å². The van der Waals surface area contributed by atoms with Gasteiger partial charge in [0.15, 0.2) is 12.4 Å². The predicted octanol–water partition coefficient (Wildman–Crippen LogP) is 4.50. The number of anilines is 1. The molecular formula is C25H23NO5. The van der Waals surface area contributed by atoms with E-state index in [2.05, 4.69) is 5.32 Å². The van der Waals surface area contributed by atoms with E-state index >= 15 is 0 Å².